The van der Waals surface area contributed by atoms with Gasteiger partial charge in [0.1, 0.15) is 5.75 Å². The minimum absolute atomic E-state index is 0.0305. The van der Waals surface area contributed by atoms with Crippen LogP contribution in [0.4, 0.5) is 13.2 Å². The molecule has 0 spiro atoms. The summed E-state index contributed by atoms with van der Waals surface area (Å²) in [5, 5.41) is 2.67. The first-order chi connectivity index (χ1) is 12.3. The largest absolute Gasteiger partial charge is 0.483 e. The summed E-state index contributed by atoms with van der Waals surface area (Å²) in [6, 6.07) is 6.14. The quantitative estimate of drug-likeness (QED) is 0.907. The molecular formula is C18H15F3N2O3. The van der Waals surface area contributed by atoms with Crippen molar-refractivity contribution >= 4 is 5.91 Å². The molecule has 1 N–H and O–H groups in total. The van der Waals surface area contributed by atoms with Crippen molar-refractivity contribution in [2.75, 3.05) is 6.61 Å². The van der Waals surface area contributed by atoms with Crippen molar-refractivity contribution in [1.82, 2.24) is 9.88 Å². The lowest BCUT2D eigenvalue weighted by Crippen LogP contribution is -2.24. The van der Waals surface area contributed by atoms with Gasteiger partial charge < -0.3 is 14.6 Å². The molecule has 1 aliphatic heterocycles. The van der Waals surface area contributed by atoms with Crippen LogP contribution in [0.15, 0.2) is 35.3 Å². The normalized spacial score (nSPS) is 16.3. The fraction of sp³-hybridized carbons (Fsp3) is 0.333. The minimum atomic E-state index is -4.49. The number of hydrogen-bond donors (Lipinski definition) is 1. The molecule has 1 amide bonds. The minimum Gasteiger partial charge on any atom is -0.483 e. The van der Waals surface area contributed by atoms with Gasteiger partial charge in [-0.05, 0) is 24.5 Å². The highest BCUT2D eigenvalue weighted by Gasteiger charge is 2.33. The summed E-state index contributed by atoms with van der Waals surface area (Å²) in [6.45, 7) is -1.29. The van der Waals surface area contributed by atoms with E-state index in [-0.39, 0.29) is 40.9 Å². The van der Waals surface area contributed by atoms with Crippen LogP contribution >= 0.6 is 0 Å². The molecule has 4 rings (SSSR count). The third kappa shape index (κ3) is 2.95. The van der Waals surface area contributed by atoms with Gasteiger partial charge in [-0.1, -0.05) is 18.2 Å². The first kappa shape index (κ1) is 16.7. The maximum atomic E-state index is 13.0. The van der Waals surface area contributed by atoms with E-state index < -0.39 is 12.8 Å². The molecule has 1 fully saturated rings. The highest BCUT2D eigenvalue weighted by molar-refractivity contribution is 6.00. The molecule has 1 aromatic carbocycles. The standard InChI is InChI=1S/C18H15F3N2O3/c19-18(20,21)9-26-14-4-2-1-3-11(14)15-12-7-22-16(24)13(12)8-23(17(15)25)10-5-6-10/h1-4,8,10H,5-7,9H2,(H,22,24). The van der Waals surface area contributed by atoms with E-state index in [2.05, 4.69) is 5.32 Å². The van der Waals surface area contributed by atoms with Crippen LogP contribution in [-0.4, -0.2) is 23.3 Å². The van der Waals surface area contributed by atoms with Gasteiger partial charge in [-0.2, -0.15) is 13.2 Å². The SMILES string of the molecule is O=C1NCc2c1cn(C1CC1)c(=O)c2-c1ccccc1OCC(F)(F)F. The fourth-order valence-corrected chi connectivity index (χ4v) is 3.17. The maximum Gasteiger partial charge on any atom is 0.422 e. The summed E-state index contributed by atoms with van der Waals surface area (Å²) in [5.74, 6) is -0.318. The van der Waals surface area contributed by atoms with Crippen LogP contribution in [-0.2, 0) is 6.54 Å². The smallest absolute Gasteiger partial charge is 0.422 e. The number of carbonyl (C=O) groups is 1. The van der Waals surface area contributed by atoms with Gasteiger partial charge in [0.2, 0.25) is 0 Å². The van der Waals surface area contributed by atoms with Crippen LogP contribution in [0.2, 0.25) is 0 Å². The van der Waals surface area contributed by atoms with Gasteiger partial charge in [0.15, 0.2) is 6.61 Å². The zero-order chi connectivity index (χ0) is 18.5. The van der Waals surface area contributed by atoms with Gasteiger partial charge in [0, 0.05) is 24.3 Å². The van der Waals surface area contributed by atoms with Crippen molar-refractivity contribution < 1.29 is 22.7 Å². The number of nitrogens with one attached hydrogen (secondary N) is 1. The van der Waals surface area contributed by atoms with Crippen molar-refractivity contribution in [3.63, 3.8) is 0 Å². The Balaban J connectivity index is 1.88. The summed E-state index contributed by atoms with van der Waals surface area (Å²) in [6.07, 6.45) is -1.25. The van der Waals surface area contributed by atoms with E-state index in [1.54, 1.807) is 24.4 Å². The number of amides is 1. The lowest BCUT2D eigenvalue weighted by Gasteiger charge is -2.16. The number of para-hydroxylation sites is 1. The summed E-state index contributed by atoms with van der Waals surface area (Å²) in [7, 11) is 0. The average molecular weight is 364 g/mol. The Bertz CT molecular complexity index is 946. The number of aromatic nitrogens is 1. The van der Waals surface area contributed by atoms with Crippen molar-refractivity contribution in [2.24, 2.45) is 0 Å². The Kier molecular flexibility index (Phi) is 3.78. The predicted octanol–water partition coefficient (Wildman–Crippen LogP) is 3.03. The number of carbonyl (C=O) groups excluding carboxylic acids is 1. The molecule has 1 aliphatic carbocycles. The second kappa shape index (κ2) is 5.89. The molecule has 1 saturated carbocycles. The Morgan fingerprint density at radius 1 is 1.15 bits per heavy atom. The number of pyridine rings is 1. The molecule has 8 heteroatoms. The second-order valence-electron chi connectivity index (χ2n) is 6.42. The summed E-state index contributed by atoms with van der Waals surface area (Å²) in [5.41, 5.74) is 1.07. The van der Waals surface area contributed by atoms with Gasteiger partial charge in [0.05, 0.1) is 11.1 Å². The molecule has 136 valence electrons. The van der Waals surface area contributed by atoms with E-state index in [1.165, 1.54) is 10.6 Å². The molecule has 26 heavy (non-hydrogen) atoms. The Labute approximate surface area is 146 Å². The monoisotopic (exact) mass is 364 g/mol. The predicted molar refractivity (Wildman–Crippen MR) is 87.1 cm³/mol. The molecule has 0 atom stereocenters. The fourth-order valence-electron chi connectivity index (χ4n) is 3.17. The molecule has 1 aromatic heterocycles. The van der Waals surface area contributed by atoms with Crippen LogP contribution in [0.1, 0.15) is 34.8 Å². The first-order valence-corrected chi connectivity index (χ1v) is 8.20. The van der Waals surface area contributed by atoms with Crippen LogP contribution < -0.4 is 15.6 Å². The number of halogens is 3. The van der Waals surface area contributed by atoms with E-state index in [9.17, 15) is 22.8 Å². The van der Waals surface area contributed by atoms with Crippen molar-refractivity contribution in [2.45, 2.75) is 31.6 Å². The lowest BCUT2D eigenvalue weighted by molar-refractivity contribution is -0.153. The van der Waals surface area contributed by atoms with E-state index in [0.717, 1.165) is 12.8 Å². The second-order valence-corrected chi connectivity index (χ2v) is 6.42. The molecule has 2 aromatic rings. The summed E-state index contributed by atoms with van der Waals surface area (Å²) < 4.78 is 44.1. The van der Waals surface area contributed by atoms with E-state index in [0.29, 0.717) is 11.1 Å². The van der Waals surface area contributed by atoms with Crippen LogP contribution in [0.5, 0.6) is 5.75 Å². The van der Waals surface area contributed by atoms with Gasteiger partial charge in [-0.15, -0.1) is 0 Å². The van der Waals surface area contributed by atoms with Gasteiger partial charge in [-0.25, -0.2) is 0 Å². The maximum absolute atomic E-state index is 13.0. The van der Waals surface area contributed by atoms with Gasteiger partial charge in [-0.3, -0.25) is 9.59 Å². The van der Waals surface area contributed by atoms with E-state index >= 15 is 0 Å². The van der Waals surface area contributed by atoms with Gasteiger partial charge >= 0.3 is 6.18 Å². The molecule has 2 aliphatic rings. The number of hydrogen-bond acceptors (Lipinski definition) is 3. The number of ether oxygens (including phenoxy) is 1. The Hall–Kier alpha value is -2.77. The zero-order valence-electron chi connectivity index (χ0n) is 13.6. The zero-order valence-corrected chi connectivity index (χ0v) is 13.6. The third-order valence-electron chi connectivity index (χ3n) is 4.50. The molecule has 5 nitrogen and oxygen atoms in total. The highest BCUT2D eigenvalue weighted by atomic mass is 19.4. The van der Waals surface area contributed by atoms with Crippen LogP contribution in [0, 0.1) is 0 Å². The molecular weight excluding hydrogens is 349 g/mol. The van der Waals surface area contributed by atoms with Gasteiger partial charge in [0.25, 0.3) is 11.5 Å². The van der Waals surface area contributed by atoms with Crippen molar-refractivity contribution in [3.8, 4) is 16.9 Å². The summed E-state index contributed by atoms with van der Waals surface area (Å²) >= 11 is 0. The first-order valence-electron chi connectivity index (χ1n) is 8.20. The molecule has 0 unspecified atom stereocenters. The third-order valence-corrected chi connectivity index (χ3v) is 4.50. The molecule has 0 bridgehead atoms. The molecule has 0 radical (unpaired) electrons. The van der Waals surface area contributed by atoms with E-state index in [4.69, 9.17) is 4.74 Å². The topological polar surface area (TPSA) is 60.3 Å². The Morgan fingerprint density at radius 2 is 1.88 bits per heavy atom. The van der Waals surface area contributed by atoms with Crippen molar-refractivity contribution in [3.05, 3.63) is 51.9 Å². The lowest BCUT2D eigenvalue weighted by atomic mass is 9.98. The number of benzene rings is 1. The highest BCUT2D eigenvalue weighted by Crippen LogP contribution is 2.38. The number of fused-ring (bicyclic) bond motifs is 1. The number of alkyl halides is 3. The average Bonchev–Trinajstić information content (AvgIpc) is 3.37. The van der Waals surface area contributed by atoms with Crippen LogP contribution in [0.25, 0.3) is 11.1 Å². The van der Waals surface area contributed by atoms with Crippen LogP contribution in [0.3, 0.4) is 0 Å². The number of nitrogens with zero attached hydrogens (tertiary/aromatic N) is 1. The van der Waals surface area contributed by atoms with Crippen molar-refractivity contribution in [1.29, 1.82) is 0 Å². The number of rotatable bonds is 4. The Morgan fingerprint density at radius 3 is 2.58 bits per heavy atom. The van der Waals surface area contributed by atoms with E-state index in [1.807, 2.05) is 0 Å². The molecule has 2 heterocycles. The molecule has 0 saturated heterocycles. The summed E-state index contributed by atoms with van der Waals surface area (Å²) in [4.78, 5) is 25.1.